The lowest BCUT2D eigenvalue weighted by Crippen LogP contribution is -2.25. The molecule has 0 spiro atoms. The number of primary amides is 1. The Morgan fingerprint density at radius 2 is 1.88 bits per heavy atom. The number of halogens is 1. The number of aromatic nitrogens is 2. The third-order valence-corrected chi connectivity index (χ3v) is 3.77. The summed E-state index contributed by atoms with van der Waals surface area (Å²) in [7, 11) is 0. The molecule has 2 N–H and O–H groups in total. The Balaban J connectivity index is 1.80. The predicted octanol–water partition coefficient (Wildman–Crippen LogP) is 2.77. The van der Waals surface area contributed by atoms with E-state index in [-0.39, 0.29) is 5.15 Å². The fourth-order valence-corrected chi connectivity index (χ4v) is 2.60. The van der Waals surface area contributed by atoms with Gasteiger partial charge in [-0.3, -0.25) is 9.20 Å². The highest BCUT2D eigenvalue weighted by atomic mass is 35.5. The van der Waals surface area contributed by atoms with Crippen molar-refractivity contribution in [2.75, 3.05) is 0 Å². The van der Waals surface area contributed by atoms with Crippen LogP contribution in [0.5, 0.6) is 0 Å². The summed E-state index contributed by atoms with van der Waals surface area (Å²) in [5.74, 6) is -1.46. The monoisotopic (exact) mass is 355 g/mol. The van der Waals surface area contributed by atoms with Crippen molar-refractivity contribution in [3.8, 4) is 0 Å². The van der Waals surface area contributed by atoms with E-state index in [0.717, 1.165) is 0 Å². The van der Waals surface area contributed by atoms with Crippen molar-refractivity contribution in [1.82, 2.24) is 9.38 Å². The summed E-state index contributed by atoms with van der Waals surface area (Å²) in [6, 6.07) is 14.0. The molecule has 25 heavy (non-hydrogen) atoms. The Morgan fingerprint density at radius 3 is 2.60 bits per heavy atom. The van der Waals surface area contributed by atoms with Crippen molar-refractivity contribution in [3.05, 3.63) is 77.2 Å². The van der Waals surface area contributed by atoms with Crippen LogP contribution < -0.4 is 5.73 Å². The highest BCUT2D eigenvalue weighted by Gasteiger charge is 2.21. The Bertz CT molecular complexity index is 951. The lowest BCUT2D eigenvalue weighted by molar-refractivity contribution is -0.150. The fraction of sp³-hybridized carbons (Fsp3) is 0.0556. The lowest BCUT2D eigenvalue weighted by atomic mass is 10.1. The van der Waals surface area contributed by atoms with E-state index >= 15 is 0 Å². The molecule has 0 fully saturated rings. The molecule has 1 aromatic carbocycles. The number of esters is 1. The van der Waals surface area contributed by atoms with Gasteiger partial charge in [0, 0.05) is 17.8 Å². The maximum absolute atomic E-state index is 12.1. The van der Waals surface area contributed by atoms with Crippen LogP contribution in [0, 0.1) is 0 Å². The number of ether oxygens (including phenoxy) is 1. The highest BCUT2D eigenvalue weighted by Crippen LogP contribution is 2.20. The van der Waals surface area contributed by atoms with Gasteiger partial charge in [-0.05, 0) is 18.2 Å². The number of pyridine rings is 1. The Labute approximate surface area is 148 Å². The number of hydrogen-bond donors (Lipinski definition) is 1. The van der Waals surface area contributed by atoms with Crippen LogP contribution in [0.3, 0.4) is 0 Å². The standard InChI is InChI=1S/C18H14ClN3O3/c19-17-13(22-11-5-4-8-14(22)21-17)9-10-15(23)25-16(18(20)24)12-6-2-1-3-7-12/h1-11,16H,(H2,20,24). The molecule has 3 rings (SSSR count). The quantitative estimate of drug-likeness (QED) is 0.563. The van der Waals surface area contributed by atoms with E-state index in [9.17, 15) is 9.59 Å². The second-order valence-electron chi connectivity index (χ2n) is 5.18. The molecule has 0 saturated heterocycles. The lowest BCUT2D eigenvalue weighted by Gasteiger charge is -2.13. The number of nitrogens with zero attached hydrogens (tertiary/aromatic N) is 2. The van der Waals surface area contributed by atoms with Crippen LogP contribution in [-0.2, 0) is 14.3 Å². The first-order chi connectivity index (χ1) is 12.1. The van der Waals surface area contributed by atoms with Gasteiger partial charge in [-0.1, -0.05) is 48.0 Å². The van der Waals surface area contributed by atoms with Crippen molar-refractivity contribution < 1.29 is 14.3 Å². The molecule has 0 saturated carbocycles. The van der Waals surface area contributed by atoms with Gasteiger partial charge >= 0.3 is 5.97 Å². The first-order valence-corrected chi connectivity index (χ1v) is 7.79. The average molecular weight is 356 g/mol. The minimum absolute atomic E-state index is 0.254. The number of carbonyl (C=O) groups is 2. The molecule has 0 aliphatic carbocycles. The van der Waals surface area contributed by atoms with Crippen LogP contribution in [0.2, 0.25) is 5.15 Å². The molecule has 7 heteroatoms. The summed E-state index contributed by atoms with van der Waals surface area (Å²) < 4.78 is 6.91. The number of benzene rings is 1. The topological polar surface area (TPSA) is 86.7 Å². The van der Waals surface area contributed by atoms with Crippen molar-refractivity contribution in [3.63, 3.8) is 0 Å². The largest absolute Gasteiger partial charge is 0.444 e. The Kier molecular flexibility index (Phi) is 4.81. The number of amides is 1. The SMILES string of the molecule is NC(=O)C(OC(=O)C=Cc1c(Cl)nc2ccccn12)c1ccccc1. The fourth-order valence-electron chi connectivity index (χ4n) is 2.36. The van der Waals surface area contributed by atoms with Crippen molar-refractivity contribution in [2.24, 2.45) is 5.73 Å². The maximum Gasteiger partial charge on any atom is 0.331 e. The van der Waals surface area contributed by atoms with E-state index in [1.807, 2.05) is 12.1 Å². The number of hydrogen-bond acceptors (Lipinski definition) is 4. The second kappa shape index (κ2) is 7.19. The summed E-state index contributed by atoms with van der Waals surface area (Å²) >= 11 is 6.09. The van der Waals surface area contributed by atoms with Gasteiger partial charge in [-0.2, -0.15) is 0 Å². The summed E-state index contributed by atoms with van der Waals surface area (Å²) in [4.78, 5) is 27.8. The molecule has 2 heterocycles. The van der Waals surface area contributed by atoms with Gasteiger partial charge in [0.15, 0.2) is 5.15 Å². The molecule has 0 aliphatic heterocycles. The van der Waals surface area contributed by atoms with Gasteiger partial charge in [-0.15, -0.1) is 0 Å². The van der Waals surface area contributed by atoms with Crippen molar-refractivity contribution in [1.29, 1.82) is 0 Å². The van der Waals surface area contributed by atoms with Gasteiger partial charge in [0.05, 0.1) is 5.69 Å². The van der Waals surface area contributed by atoms with Crippen molar-refractivity contribution >= 4 is 35.2 Å². The number of fused-ring (bicyclic) bond motifs is 1. The first-order valence-electron chi connectivity index (χ1n) is 7.42. The smallest absolute Gasteiger partial charge is 0.331 e. The van der Waals surface area contributed by atoms with Crippen LogP contribution in [0.15, 0.2) is 60.8 Å². The number of nitrogens with two attached hydrogens (primary N) is 1. The first kappa shape index (κ1) is 16.7. The zero-order chi connectivity index (χ0) is 17.8. The molecule has 2 aromatic heterocycles. The molecule has 6 nitrogen and oxygen atoms in total. The van der Waals surface area contributed by atoms with E-state index in [4.69, 9.17) is 22.1 Å². The molecule has 1 amide bonds. The van der Waals surface area contributed by atoms with E-state index in [0.29, 0.717) is 16.9 Å². The molecule has 0 radical (unpaired) electrons. The molecule has 126 valence electrons. The minimum atomic E-state index is -1.16. The zero-order valence-electron chi connectivity index (χ0n) is 13.0. The second-order valence-corrected chi connectivity index (χ2v) is 5.54. The molecule has 1 unspecified atom stereocenters. The zero-order valence-corrected chi connectivity index (χ0v) is 13.8. The van der Waals surface area contributed by atoms with Crippen LogP contribution in [0.1, 0.15) is 17.4 Å². The average Bonchev–Trinajstić information content (AvgIpc) is 2.93. The summed E-state index contributed by atoms with van der Waals surface area (Å²) in [6.45, 7) is 0. The number of carbonyl (C=O) groups excluding carboxylic acids is 2. The normalized spacial score (nSPS) is 12.4. The predicted molar refractivity (Wildman–Crippen MR) is 93.7 cm³/mol. The van der Waals surface area contributed by atoms with Crippen molar-refractivity contribution in [2.45, 2.75) is 6.10 Å². The highest BCUT2D eigenvalue weighted by molar-refractivity contribution is 6.31. The van der Waals surface area contributed by atoms with Crippen LogP contribution in [-0.4, -0.2) is 21.3 Å². The Hall–Kier alpha value is -3.12. The Morgan fingerprint density at radius 1 is 1.16 bits per heavy atom. The van der Waals surface area contributed by atoms with E-state index in [1.54, 1.807) is 47.0 Å². The number of imidazole rings is 1. The van der Waals surface area contributed by atoms with Gasteiger partial charge in [0.2, 0.25) is 6.10 Å². The maximum atomic E-state index is 12.1. The molecule has 1 atom stereocenters. The summed E-state index contributed by atoms with van der Waals surface area (Å²) in [5.41, 5.74) is 7.02. The van der Waals surface area contributed by atoms with Gasteiger partial charge < -0.3 is 10.5 Å². The molecular formula is C18H14ClN3O3. The summed E-state index contributed by atoms with van der Waals surface area (Å²) in [6.07, 6.45) is 3.28. The molecular weight excluding hydrogens is 342 g/mol. The third kappa shape index (κ3) is 3.70. The van der Waals surface area contributed by atoms with Crippen LogP contribution >= 0.6 is 11.6 Å². The van der Waals surface area contributed by atoms with Crippen LogP contribution in [0.4, 0.5) is 0 Å². The van der Waals surface area contributed by atoms with Gasteiger partial charge in [-0.25, -0.2) is 9.78 Å². The van der Waals surface area contributed by atoms with E-state index < -0.39 is 18.0 Å². The molecule has 3 aromatic rings. The van der Waals surface area contributed by atoms with E-state index in [1.165, 1.54) is 12.2 Å². The van der Waals surface area contributed by atoms with Crippen LogP contribution in [0.25, 0.3) is 11.7 Å². The minimum Gasteiger partial charge on any atom is -0.444 e. The van der Waals surface area contributed by atoms with Gasteiger partial charge in [0.1, 0.15) is 5.65 Å². The number of rotatable bonds is 5. The molecule has 0 bridgehead atoms. The van der Waals surface area contributed by atoms with E-state index in [2.05, 4.69) is 4.98 Å². The van der Waals surface area contributed by atoms with Gasteiger partial charge in [0.25, 0.3) is 5.91 Å². The molecule has 0 aliphatic rings. The third-order valence-electron chi connectivity index (χ3n) is 3.49. The summed E-state index contributed by atoms with van der Waals surface area (Å²) in [5, 5.41) is 0.254.